The molecule has 0 atom stereocenters. The first-order valence-corrected chi connectivity index (χ1v) is 11.9. The molecule has 0 spiro atoms. The van der Waals surface area contributed by atoms with Crippen LogP contribution in [0.5, 0.6) is 0 Å². The Kier molecular flexibility index (Phi) is 8.89. The van der Waals surface area contributed by atoms with Gasteiger partial charge < -0.3 is 4.90 Å². The molecule has 7 heteroatoms. The smallest absolute Gasteiger partial charge is 0.238 e. The van der Waals surface area contributed by atoms with E-state index in [9.17, 15) is 13.2 Å². The summed E-state index contributed by atoms with van der Waals surface area (Å²) in [5.41, 5.74) is 1.01. The van der Waals surface area contributed by atoms with Gasteiger partial charge in [-0.15, -0.1) is 17.9 Å². The van der Waals surface area contributed by atoms with Gasteiger partial charge in [0.1, 0.15) is 0 Å². The number of carbonyl (C=O) groups is 1. The summed E-state index contributed by atoms with van der Waals surface area (Å²) in [7, 11) is -3.49. The number of amides is 1. The van der Waals surface area contributed by atoms with E-state index < -0.39 is 10.0 Å². The summed E-state index contributed by atoms with van der Waals surface area (Å²) < 4.78 is 26.5. The molecular formula is C21H28N2O3S2. The minimum atomic E-state index is -3.49. The van der Waals surface area contributed by atoms with Gasteiger partial charge >= 0.3 is 0 Å². The number of thiophene rings is 1. The van der Waals surface area contributed by atoms with Crippen molar-refractivity contribution < 1.29 is 13.2 Å². The first-order valence-electron chi connectivity index (χ1n) is 9.39. The van der Waals surface area contributed by atoms with Crippen LogP contribution < -0.4 is 0 Å². The van der Waals surface area contributed by atoms with Crippen molar-refractivity contribution in [2.45, 2.75) is 32.9 Å². The maximum absolute atomic E-state index is 13.1. The molecule has 1 aromatic heterocycles. The average molecular weight is 421 g/mol. The van der Waals surface area contributed by atoms with Crippen molar-refractivity contribution in [1.29, 1.82) is 0 Å². The van der Waals surface area contributed by atoms with Crippen LogP contribution in [-0.4, -0.2) is 42.4 Å². The lowest BCUT2D eigenvalue weighted by Gasteiger charge is -2.26. The number of carbonyl (C=O) groups excluding carboxylic acids is 1. The van der Waals surface area contributed by atoms with Crippen LogP contribution in [0.4, 0.5) is 0 Å². The number of benzene rings is 1. The summed E-state index contributed by atoms with van der Waals surface area (Å²) in [4.78, 5) is 15.8. The lowest BCUT2D eigenvalue weighted by Crippen LogP contribution is -2.43. The first kappa shape index (κ1) is 22.3. The van der Waals surface area contributed by atoms with Crippen molar-refractivity contribution in [3.05, 3.63) is 70.9 Å². The van der Waals surface area contributed by atoms with E-state index in [2.05, 4.69) is 6.58 Å². The van der Waals surface area contributed by atoms with E-state index in [4.69, 9.17) is 0 Å². The van der Waals surface area contributed by atoms with Crippen molar-refractivity contribution in [2.24, 2.45) is 0 Å². The van der Waals surface area contributed by atoms with Crippen LogP contribution >= 0.6 is 11.3 Å². The van der Waals surface area contributed by atoms with E-state index in [1.807, 2.05) is 54.8 Å². The number of sulfonamides is 1. The minimum absolute atomic E-state index is 0.0498. The summed E-state index contributed by atoms with van der Waals surface area (Å²) in [6, 6.07) is 13.7. The molecule has 0 N–H and O–H groups in total. The molecule has 0 saturated carbocycles. The van der Waals surface area contributed by atoms with Crippen molar-refractivity contribution >= 4 is 27.3 Å². The van der Waals surface area contributed by atoms with Crippen molar-refractivity contribution in [2.75, 3.05) is 18.8 Å². The van der Waals surface area contributed by atoms with E-state index in [1.165, 1.54) is 10.4 Å². The highest BCUT2D eigenvalue weighted by Crippen LogP contribution is 2.16. The predicted molar refractivity (Wildman–Crippen MR) is 115 cm³/mol. The van der Waals surface area contributed by atoms with Gasteiger partial charge in [0.05, 0.1) is 18.8 Å². The maximum Gasteiger partial charge on any atom is 0.238 e. The Hall–Kier alpha value is -1.96. The van der Waals surface area contributed by atoms with Crippen LogP contribution in [0.1, 0.15) is 30.2 Å². The molecule has 2 rings (SSSR count). The molecule has 2 aromatic rings. The van der Waals surface area contributed by atoms with E-state index in [0.717, 1.165) is 16.9 Å². The quantitative estimate of drug-likeness (QED) is 0.490. The molecule has 0 fully saturated rings. The zero-order valence-electron chi connectivity index (χ0n) is 16.3. The Bertz CT molecular complexity index is 834. The molecule has 0 aliphatic heterocycles. The lowest BCUT2D eigenvalue weighted by molar-refractivity contribution is -0.132. The number of nitrogens with zero attached hydrogens (tertiary/aromatic N) is 2. The molecule has 0 aliphatic carbocycles. The van der Waals surface area contributed by atoms with Gasteiger partial charge in [0.2, 0.25) is 15.9 Å². The molecule has 1 heterocycles. The van der Waals surface area contributed by atoms with Crippen molar-refractivity contribution in [1.82, 2.24) is 9.21 Å². The minimum Gasteiger partial charge on any atom is -0.332 e. The zero-order chi connectivity index (χ0) is 20.4. The van der Waals surface area contributed by atoms with Gasteiger partial charge in [0, 0.05) is 18.0 Å². The van der Waals surface area contributed by atoms with Gasteiger partial charge in [0.15, 0.2) is 0 Å². The number of unbranched alkanes of at least 4 members (excludes halogenated alkanes) is 1. The lowest BCUT2D eigenvalue weighted by atomic mass is 10.2. The first-order chi connectivity index (χ1) is 13.5. The van der Waals surface area contributed by atoms with Crippen LogP contribution in [-0.2, 0) is 27.9 Å². The van der Waals surface area contributed by atoms with Crippen molar-refractivity contribution in [3.8, 4) is 0 Å². The molecule has 0 bridgehead atoms. The number of rotatable bonds is 12. The summed E-state index contributed by atoms with van der Waals surface area (Å²) in [6.07, 6.45) is 2.89. The highest BCUT2D eigenvalue weighted by atomic mass is 32.2. The van der Waals surface area contributed by atoms with E-state index >= 15 is 0 Å². The normalized spacial score (nSPS) is 11.5. The monoisotopic (exact) mass is 420 g/mol. The van der Waals surface area contributed by atoms with Crippen molar-refractivity contribution in [3.63, 3.8) is 0 Å². The Labute approximate surface area is 172 Å². The molecule has 28 heavy (non-hydrogen) atoms. The maximum atomic E-state index is 13.1. The average Bonchev–Trinajstić information content (AvgIpc) is 3.19. The van der Waals surface area contributed by atoms with Gasteiger partial charge in [-0.3, -0.25) is 4.79 Å². The topological polar surface area (TPSA) is 57.7 Å². The Morgan fingerprint density at radius 1 is 1.14 bits per heavy atom. The number of hydrogen-bond donors (Lipinski definition) is 0. The Balaban J connectivity index is 2.17. The summed E-state index contributed by atoms with van der Waals surface area (Å²) in [5, 5.41) is 1.97. The molecule has 152 valence electrons. The van der Waals surface area contributed by atoms with Crippen LogP contribution in [0.2, 0.25) is 0 Å². The van der Waals surface area contributed by atoms with Gasteiger partial charge in [-0.1, -0.05) is 55.8 Å². The predicted octanol–water partition coefficient (Wildman–Crippen LogP) is 3.89. The Morgan fingerprint density at radius 3 is 2.50 bits per heavy atom. The molecular weight excluding hydrogens is 392 g/mol. The standard InChI is InChI=1S/C21H28N2O3S2/c1-3-5-15-28(25,26)23(13-4-2)18-21(24)22(17-20-12-9-14-27-20)16-19-10-7-6-8-11-19/h4,6-12,14H,2-3,5,13,15-18H2,1H3. The molecule has 5 nitrogen and oxygen atoms in total. The molecule has 0 aliphatic rings. The summed E-state index contributed by atoms with van der Waals surface area (Å²) in [5.74, 6) is -0.159. The van der Waals surface area contributed by atoms with Crippen LogP contribution in [0, 0.1) is 0 Å². The fourth-order valence-corrected chi connectivity index (χ4v) is 5.02. The summed E-state index contributed by atoms with van der Waals surface area (Å²) >= 11 is 1.58. The second-order valence-electron chi connectivity index (χ2n) is 6.57. The molecule has 0 saturated heterocycles. The highest BCUT2D eigenvalue weighted by molar-refractivity contribution is 7.89. The van der Waals surface area contributed by atoms with Gasteiger partial charge in [-0.05, 0) is 23.4 Å². The third kappa shape index (κ3) is 6.89. The molecule has 0 unspecified atom stereocenters. The van der Waals surface area contributed by atoms with Gasteiger partial charge in [-0.2, -0.15) is 4.31 Å². The molecule has 1 aromatic carbocycles. The second-order valence-corrected chi connectivity index (χ2v) is 9.69. The van der Waals surface area contributed by atoms with E-state index in [1.54, 1.807) is 16.2 Å². The Morgan fingerprint density at radius 2 is 1.89 bits per heavy atom. The van der Waals surface area contributed by atoms with E-state index in [-0.39, 0.29) is 24.7 Å². The largest absolute Gasteiger partial charge is 0.332 e. The molecule has 1 amide bonds. The fraction of sp³-hybridized carbons (Fsp3) is 0.381. The number of hydrogen-bond acceptors (Lipinski definition) is 4. The van der Waals surface area contributed by atoms with Gasteiger partial charge in [-0.25, -0.2) is 8.42 Å². The highest BCUT2D eigenvalue weighted by Gasteiger charge is 2.26. The fourth-order valence-electron chi connectivity index (χ4n) is 2.75. The SMILES string of the molecule is C=CCN(CC(=O)N(Cc1ccccc1)Cc1cccs1)S(=O)(=O)CCCC. The third-order valence-corrected chi connectivity index (χ3v) is 7.02. The molecule has 0 radical (unpaired) electrons. The zero-order valence-corrected chi connectivity index (χ0v) is 17.9. The van der Waals surface area contributed by atoms with Gasteiger partial charge in [0.25, 0.3) is 0 Å². The van der Waals surface area contributed by atoms with Crippen LogP contribution in [0.25, 0.3) is 0 Å². The van der Waals surface area contributed by atoms with Crippen LogP contribution in [0.3, 0.4) is 0 Å². The van der Waals surface area contributed by atoms with Crippen LogP contribution in [0.15, 0.2) is 60.5 Å². The second kappa shape index (κ2) is 11.1. The summed E-state index contributed by atoms with van der Waals surface area (Å²) in [6.45, 7) is 6.46. The van der Waals surface area contributed by atoms with E-state index in [0.29, 0.717) is 19.5 Å². The third-order valence-electron chi connectivity index (χ3n) is 4.29.